The maximum absolute atomic E-state index is 15.2. The van der Waals surface area contributed by atoms with Gasteiger partial charge in [-0.15, -0.1) is 0 Å². The van der Waals surface area contributed by atoms with E-state index in [1.54, 1.807) is 32.9 Å². The Balaban J connectivity index is 1.63. The zero-order valence-corrected chi connectivity index (χ0v) is 24.8. The average Bonchev–Trinajstić information content (AvgIpc) is 3.39. The van der Waals surface area contributed by atoms with Crippen molar-refractivity contribution in [1.29, 1.82) is 0 Å². The van der Waals surface area contributed by atoms with Gasteiger partial charge in [0.05, 0.1) is 16.3 Å². The van der Waals surface area contributed by atoms with Crippen LogP contribution in [0.3, 0.4) is 0 Å². The molecule has 0 aliphatic carbocycles. The van der Waals surface area contributed by atoms with Crippen molar-refractivity contribution in [3.05, 3.63) is 95.6 Å². The topological polar surface area (TPSA) is 119 Å². The molecule has 1 aromatic heterocycles. The van der Waals surface area contributed by atoms with Crippen LogP contribution in [-0.4, -0.2) is 42.1 Å². The average molecular weight is 633 g/mol. The first kappa shape index (κ1) is 32.2. The number of rotatable bonds is 7. The molecule has 14 heteroatoms. The summed E-state index contributed by atoms with van der Waals surface area (Å²) in [6, 6.07) is 16.0. The van der Waals surface area contributed by atoms with E-state index < -0.39 is 50.8 Å². The van der Waals surface area contributed by atoms with Gasteiger partial charge in [-0.1, -0.05) is 36.4 Å². The fraction of sp³-hybridized carbons (Fsp3) is 0.233. The predicted molar refractivity (Wildman–Crippen MR) is 155 cm³/mol. The van der Waals surface area contributed by atoms with E-state index in [0.29, 0.717) is 11.6 Å². The summed E-state index contributed by atoms with van der Waals surface area (Å²) in [6.07, 6.45) is -4.58. The predicted octanol–water partition coefficient (Wildman–Crippen LogP) is 6.38. The van der Waals surface area contributed by atoms with Crippen molar-refractivity contribution in [3.63, 3.8) is 0 Å². The van der Waals surface area contributed by atoms with E-state index in [4.69, 9.17) is 4.74 Å². The van der Waals surface area contributed by atoms with Crippen molar-refractivity contribution in [2.45, 2.75) is 44.0 Å². The van der Waals surface area contributed by atoms with Gasteiger partial charge in [-0.05, 0) is 62.2 Å². The summed E-state index contributed by atoms with van der Waals surface area (Å²) in [6.45, 7) is 5.04. The molecule has 3 aromatic carbocycles. The minimum absolute atomic E-state index is 0.0247. The van der Waals surface area contributed by atoms with Crippen LogP contribution in [0.1, 0.15) is 42.5 Å². The van der Waals surface area contributed by atoms with Crippen LogP contribution in [0.4, 0.5) is 28.0 Å². The summed E-state index contributed by atoms with van der Waals surface area (Å²) in [5.74, 6) is -2.04. The van der Waals surface area contributed by atoms with Gasteiger partial charge >= 0.3 is 12.3 Å². The molecule has 0 fully saturated rings. The smallest absolute Gasteiger partial charge is 0.435 e. The standard InChI is InChI=1S/C30H28F4N4O5S/c1-29(2,3)43-28(40)35-17-18-8-7-9-20(14-18)38-24(16-26(37-38)30(32,33)34)27(39)36-23-13-12-19(15-22(23)31)21-10-5-6-11-25(21)44(4,41)42/h5-16H,17H2,1-4H3,(H,35,40)(H,36,39). The highest BCUT2D eigenvalue weighted by molar-refractivity contribution is 7.90. The molecular formula is C30H28F4N4O5S. The Labute approximate surface area is 250 Å². The molecule has 0 spiro atoms. The van der Waals surface area contributed by atoms with Gasteiger partial charge in [0, 0.05) is 24.4 Å². The normalized spacial score (nSPS) is 12.1. The number of carbonyl (C=O) groups is 2. The van der Waals surface area contributed by atoms with Crippen LogP contribution in [0.15, 0.2) is 77.7 Å². The number of halogens is 4. The molecule has 4 aromatic rings. The number of benzene rings is 3. The van der Waals surface area contributed by atoms with Crippen molar-refractivity contribution in [2.24, 2.45) is 0 Å². The lowest BCUT2D eigenvalue weighted by atomic mass is 10.0. The highest BCUT2D eigenvalue weighted by atomic mass is 32.2. The number of ether oxygens (including phenoxy) is 1. The summed E-state index contributed by atoms with van der Waals surface area (Å²) in [5.41, 5.74) is -2.00. The summed E-state index contributed by atoms with van der Waals surface area (Å²) >= 11 is 0. The zero-order valence-electron chi connectivity index (χ0n) is 24.0. The molecule has 0 saturated heterocycles. The van der Waals surface area contributed by atoms with Gasteiger partial charge in [-0.25, -0.2) is 22.3 Å². The summed E-state index contributed by atoms with van der Waals surface area (Å²) in [4.78, 5) is 25.2. The van der Waals surface area contributed by atoms with Gasteiger partial charge in [0.15, 0.2) is 15.5 Å². The highest BCUT2D eigenvalue weighted by Gasteiger charge is 2.36. The number of sulfone groups is 1. The van der Waals surface area contributed by atoms with Crippen LogP contribution in [0.25, 0.3) is 16.8 Å². The second-order valence-electron chi connectivity index (χ2n) is 10.8. The Morgan fingerprint density at radius 2 is 1.66 bits per heavy atom. The van der Waals surface area contributed by atoms with E-state index in [2.05, 4.69) is 15.7 Å². The zero-order chi connectivity index (χ0) is 32.4. The molecule has 2 N–H and O–H groups in total. The fourth-order valence-corrected chi connectivity index (χ4v) is 5.07. The third-order valence-electron chi connectivity index (χ3n) is 6.04. The lowest BCUT2D eigenvalue weighted by molar-refractivity contribution is -0.141. The first-order valence-electron chi connectivity index (χ1n) is 13.1. The van der Waals surface area contributed by atoms with Crippen molar-refractivity contribution in [2.75, 3.05) is 11.6 Å². The summed E-state index contributed by atoms with van der Waals surface area (Å²) in [5, 5.41) is 8.39. The Hall–Kier alpha value is -4.72. The molecule has 0 aliphatic heterocycles. The molecule has 44 heavy (non-hydrogen) atoms. The molecule has 0 bridgehead atoms. The number of hydrogen-bond donors (Lipinski definition) is 2. The molecule has 0 atom stereocenters. The first-order chi connectivity index (χ1) is 20.4. The number of amides is 2. The lowest BCUT2D eigenvalue weighted by Crippen LogP contribution is -2.32. The molecule has 2 amide bonds. The quantitative estimate of drug-likeness (QED) is 0.228. The third-order valence-corrected chi connectivity index (χ3v) is 7.19. The number of anilines is 1. The SMILES string of the molecule is CC(C)(C)OC(=O)NCc1cccc(-n2nc(C(F)(F)F)cc2C(=O)Nc2ccc(-c3ccccc3S(C)(=O)=O)cc2F)c1. The van der Waals surface area contributed by atoms with Crippen LogP contribution < -0.4 is 10.6 Å². The van der Waals surface area contributed by atoms with Crippen LogP contribution in [0.5, 0.6) is 0 Å². The molecule has 4 rings (SSSR count). The Bertz CT molecular complexity index is 1830. The van der Waals surface area contributed by atoms with Crippen molar-refractivity contribution in [3.8, 4) is 16.8 Å². The second kappa shape index (κ2) is 12.1. The molecule has 0 saturated carbocycles. The van der Waals surface area contributed by atoms with E-state index in [9.17, 15) is 31.2 Å². The van der Waals surface area contributed by atoms with E-state index in [1.165, 1.54) is 48.5 Å². The maximum Gasteiger partial charge on any atom is 0.435 e. The Kier molecular flexibility index (Phi) is 8.86. The van der Waals surface area contributed by atoms with Gasteiger partial charge in [0.1, 0.15) is 17.1 Å². The number of hydrogen-bond acceptors (Lipinski definition) is 6. The number of alkyl carbamates (subject to hydrolysis) is 1. The molecule has 0 unspecified atom stereocenters. The number of alkyl halides is 3. The van der Waals surface area contributed by atoms with Gasteiger partial charge in [0.2, 0.25) is 0 Å². The minimum atomic E-state index is -4.89. The van der Waals surface area contributed by atoms with E-state index in [0.717, 1.165) is 17.0 Å². The number of aromatic nitrogens is 2. The second-order valence-corrected chi connectivity index (χ2v) is 12.8. The lowest BCUT2D eigenvalue weighted by Gasteiger charge is -2.19. The molecule has 0 aliphatic rings. The van der Waals surface area contributed by atoms with Gasteiger partial charge < -0.3 is 15.4 Å². The van der Waals surface area contributed by atoms with Crippen LogP contribution in [0, 0.1) is 5.82 Å². The van der Waals surface area contributed by atoms with E-state index in [1.807, 2.05) is 0 Å². The summed E-state index contributed by atoms with van der Waals surface area (Å²) in [7, 11) is -3.64. The fourth-order valence-electron chi connectivity index (χ4n) is 4.16. The number of carbonyl (C=O) groups excluding carboxylic acids is 2. The molecule has 1 heterocycles. The molecule has 232 valence electrons. The third kappa shape index (κ3) is 7.81. The van der Waals surface area contributed by atoms with Crippen LogP contribution in [0.2, 0.25) is 0 Å². The number of nitrogens with one attached hydrogen (secondary N) is 2. The van der Waals surface area contributed by atoms with Crippen molar-refractivity contribution < 1.29 is 40.3 Å². The minimum Gasteiger partial charge on any atom is -0.444 e. The largest absolute Gasteiger partial charge is 0.444 e. The van der Waals surface area contributed by atoms with Crippen LogP contribution in [-0.2, 0) is 27.3 Å². The van der Waals surface area contributed by atoms with E-state index >= 15 is 4.39 Å². The van der Waals surface area contributed by atoms with Crippen molar-refractivity contribution >= 4 is 27.5 Å². The highest BCUT2D eigenvalue weighted by Crippen LogP contribution is 2.32. The van der Waals surface area contributed by atoms with Crippen molar-refractivity contribution in [1.82, 2.24) is 15.1 Å². The summed E-state index contributed by atoms with van der Waals surface area (Å²) < 4.78 is 86.3. The Morgan fingerprint density at radius 3 is 2.30 bits per heavy atom. The van der Waals surface area contributed by atoms with Crippen LogP contribution >= 0.6 is 0 Å². The molecule has 0 radical (unpaired) electrons. The molecule has 9 nitrogen and oxygen atoms in total. The number of nitrogens with zero attached hydrogens (tertiary/aromatic N) is 2. The Morgan fingerprint density at radius 1 is 0.955 bits per heavy atom. The maximum atomic E-state index is 15.2. The first-order valence-corrected chi connectivity index (χ1v) is 15.0. The van der Waals surface area contributed by atoms with Gasteiger partial charge in [0.25, 0.3) is 5.91 Å². The molecular weight excluding hydrogens is 604 g/mol. The van der Waals surface area contributed by atoms with Gasteiger partial charge in [-0.2, -0.15) is 18.3 Å². The monoisotopic (exact) mass is 632 g/mol. The van der Waals surface area contributed by atoms with Gasteiger partial charge in [-0.3, -0.25) is 4.79 Å². The van der Waals surface area contributed by atoms with E-state index in [-0.39, 0.29) is 33.9 Å².